The van der Waals surface area contributed by atoms with Gasteiger partial charge in [0.25, 0.3) is 5.69 Å². The lowest BCUT2D eigenvalue weighted by Crippen LogP contribution is -2.44. The molecule has 3 heterocycles. The van der Waals surface area contributed by atoms with Crippen LogP contribution in [0.5, 0.6) is 5.75 Å². The van der Waals surface area contributed by atoms with Crippen molar-refractivity contribution in [2.75, 3.05) is 12.0 Å². The lowest BCUT2D eigenvalue weighted by Gasteiger charge is -2.33. The average Bonchev–Trinajstić information content (AvgIpc) is 3.40. The van der Waals surface area contributed by atoms with Crippen molar-refractivity contribution in [2.24, 2.45) is 16.9 Å². The third-order valence-electron chi connectivity index (χ3n) is 7.24. The molecule has 3 aliphatic heterocycles. The Morgan fingerprint density at radius 3 is 2.43 bits per heavy atom. The Morgan fingerprint density at radius 1 is 0.973 bits per heavy atom. The van der Waals surface area contributed by atoms with E-state index in [4.69, 9.17) is 4.74 Å². The highest BCUT2D eigenvalue weighted by Gasteiger charge is 2.65. The number of ketones is 1. The van der Waals surface area contributed by atoms with Gasteiger partial charge in [0.2, 0.25) is 11.8 Å². The minimum atomic E-state index is -1.03. The topological polar surface area (TPSA) is 122 Å². The van der Waals surface area contributed by atoms with Crippen molar-refractivity contribution in [3.05, 3.63) is 99.6 Å². The Morgan fingerprint density at radius 2 is 1.70 bits per heavy atom. The molecule has 0 unspecified atom stereocenters. The predicted octanol–water partition coefficient (Wildman–Crippen LogP) is 3.36. The lowest BCUT2D eigenvalue weighted by atomic mass is 9.83. The number of anilines is 1. The van der Waals surface area contributed by atoms with E-state index in [0.717, 1.165) is 16.0 Å². The molecule has 184 valence electrons. The summed E-state index contributed by atoms with van der Waals surface area (Å²) < 4.78 is 5.19. The number of hydrogen-bond acceptors (Lipinski definition) is 8. The average molecular weight is 496 g/mol. The number of nitro benzene ring substituents is 1. The van der Waals surface area contributed by atoms with Crippen LogP contribution < -0.4 is 9.64 Å². The number of Topliss-reactive ketones (excluding diaryl/α,β-unsaturated/α-hetero) is 1. The fourth-order valence-electron chi connectivity index (χ4n) is 5.59. The second kappa shape index (κ2) is 8.37. The summed E-state index contributed by atoms with van der Waals surface area (Å²) in [4.78, 5) is 53.3. The number of nitrogens with zero attached hydrogens (tertiary/aromatic N) is 4. The molecule has 0 N–H and O–H groups in total. The number of non-ortho nitro benzene ring substituents is 1. The number of benzene rings is 3. The SMILES string of the molecule is COc1ccc(C(=O)[C@@H]2[C@@H]3C(=O)N(c4cccc([N+](=O)[O-])c4)C(=O)[C@@H]3[C@@H]3c4ccccc4C=NN23)cc1. The van der Waals surface area contributed by atoms with E-state index in [1.165, 1.54) is 31.4 Å². The zero-order chi connectivity index (χ0) is 25.8. The van der Waals surface area contributed by atoms with Crippen LogP contribution in [-0.2, 0) is 9.59 Å². The first-order chi connectivity index (χ1) is 17.9. The fraction of sp³-hybridized carbons (Fsp3) is 0.185. The number of methoxy groups -OCH3 is 1. The molecule has 2 amide bonds. The summed E-state index contributed by atoms with van der Waals surface area (Å²) in [6.45, 7) is 0. The third-order valence-corrected chi connectivity index (χ3v) is 7.24. The molecule has 0 radical (unpaired) electrons. The number of imide groups is 1. The molecule has 0 saturated carbocycles. The quantitative estimate of drug-likeness (QED) is 0.230. The van der Waals surface area contributed by atoms with Gasteiger partial charge in [0, 0.05) is 17.7 Å². The Bertz CT molecular complexity index is 1500. The van der Waals surface area contributed by atoms with Crippen molar-refractivity contribution in [2.45, 2.75) is 12.1 Å². The molecular weight excluding hydrogens is 476 g/mol. The van der Waals surface area contributed by atoms with Crippen molar-refractivity contribution in [3.63, 3.8) is 0 Å². The van der Waals surface area contributed by atoms with Crippen molar-refractivity contribution in [1.82, 2.24) is 5.01 Å². The number of amides is 2. The van der Waals surface area contributed by atoms with Crippen LogP contribution in [-0.4, -0.2) is 46.9 Å². The van der Waals surface area contributed by atoms with E-state index in [1.807, 2.05) is 24.3 Å². The van der Waals surface area contributed by atoms with E-state index in [2.05, 4.69) is 5.10 Å². The van der Waals surface area contributed by atoms with Gasteiger partial charge in [0.05, 0.1) is 41.8 Å². The summed E-state index contributed by atoms with van der Waals surface area (Å²) in [6.07, 6.45) is 1.63. The fourth-order valence-corrected chi connectivity index (χ4v) is 5.59. The normalized spacial score (nSPS) is 23.5. The van der Waals surface area contributed by atoms with Crippen molar-refractivity contribution < 1.29 is 24.0 Å². The minimum Gasteiger partial charge on any atom is -0.497 e. The Balaban J connectivity index is 1.47. The van der Waals surface area contributed by atoms with E-state index < -0.39 is 40.7 Å². The summed E-state index contributed by atoms with van der Waals surface area (Å²) in [7, 11) is 1.52. The van der Waals surface area contributed by atoms with Crippen LogP contribution in [0.15, 0.2) is 77.9 Å². The van der Waals surface area contributed by atoms with Crippen LogP contribution in [0.25, 0.3) is 0 Å². The predicted molar refractivity (Wildman–Crippen MR) is 132 cm³/mol. The second-order valence-electron chi connectivity index (χ2n) is 9.08. The molecule has 37 heavy (non-hydrogen) atoms. The van der Waals surface area contributed by atoms with Crippen molar-refractivity contribution in [3.8, 4) is 5.75 Å². The zero-order valence-electron chi connectivity index (χ0n) is 19.6. The first-order valence-electron chi connectivity index (χ1n) is 11.6. The summed E-state index contributed by atoms with van der Waals surface area (Å²) in [5, 5.41) is 17.4. The molecule has 2 fully saturated rings. The summed E-state index contributed by atoms with van der Waals surface area (Å²) >= 11 is 0. The number of hydrogen-bond donors (Lipinski definition) is 0. The number of fused-ring (bicyclic) bond motifs is 5. The molecule has 10 nitrogen and oxygen atoms in total. The van der Waals surface area contributed by atoms with Crippen LogP contribution in [0.3, 0.4) is 0 Å². The van der Waals surface area contributed by atoms with Gasteiger partial charge in [-0.05, 0) is 41.5 Å². The van der Waals surface area contributed by atoms with E-state index >= 15 is 0 Å². The Labute approximate surface area is 210 Å². The van der Waals surface area contributed by atoms with E-state index in [0.29, 0.717) is 11.3 Å². The molecule has 0 aromatic heterocycles. The van der Waals surface area contributed by atoms with Crippen molar-refractivity contribution in [1.29, 1.82) is 0 Å². The van der Waals surface area contributed by atoms with Crippen LogP contribution in [0.4, 0.5) is 11.4 Å². The van der Waals surface area contributed by atoms with Crippen LogP contribution in [0, 0.1) is 22.0 Å². The lowest BCUT2D eigenvalue weighted by molar-refractivity contribution is -0.384. The summed E-state index contributed by atoms with van der Waals surface area (Å²) in [5.41, 5.74) is 1.81. The van der Waals surface area contributed by atoms with Gasteiger partial charge in [-0.25, -0.2) is 4.90 Å². The Hall–Kier alpha value is -4.86. The maximum atomic E-state index is 13.9. The van der Waals surface area contributed by atoms with Gasteiger partial charge in [-0.1, -0.05) is 30.3 Å². The molecule has 2 saturated heterocycles. The molecule has 10 heteroatoms. The van der Waals surface area contributed by atoms with E-state index in [1.54, 1.807) is 35.5 Å². The highest BCUT2D eigenvalue weighted by Crippen LogP contribution is 2.53. The van der Waals surface area contributed by atoms with Crippen molar-refractivity contribution >= 4 is 35.2 Å². The third kappa shape index (κ3) is 3.33. The number of rotatable bonds is 5. The molecule has 4 atom stereocenters. The summed E-state index contributed by atoms with van der Waals surface area (Å²) in [6, 6.07) is 17.7. The molecule has 0 spiro atoms. The molecule has 3 aliphatic rings. The van der Waals surface area contributed by atoms with Gasteiger partial charge in [-0.2, -0.15) is 5.10 Å². The molecule has 6 rings (SSSR count). The van der Waals surface area contributed by atoms with Gasteiger partial charge in [-0.15, -0.1) is 0 Å². The maximum Gasteiger partial charge on any atom is 0.271 e. The smallest absolute Gasteiger partial charge is 0.271 e. The number of hydrazone groups is 1. The second-order valence-corrected chi connectivity index (χ2v) is 9.08. The maximum absolute atomic E-state index is 13.9. The van der Waals surface area contributed by atoms with Crippen LogP contribution in [0.1, 0.15) is 27.5 Å². The van der Waals surface area contributed by atoms with Crippen LogP contribution in [0.2, 0.25) is 0 Å². The summed E-state index contributed by atoms with van der Waals surface area (Å²) in [5.74, 6) is -2.77. The molecule has 0 bridgehead atoms. The monoisotopic (exact) mass is 496 g/mol. The van der Waals surface area contributed by atoms with Gasteiger partial charge >= 0.3 is 0 Å². The minimum absolute atomic E-state index is 0.105. The number of carbonyl (C=O) groups is 3. The van der Waals surface area contributed by atoms with Crippen LogP contribution >= 0.6 is 0 Å². The molecule has 3 aromatic rings. The first kappa shape index (κ1) is 22.6. The highest BCUT2D eigenvalue weighted by molar-refractivity contribution is 6.24. The van der Waals surface area contributed by atoms with Gasteiger partial charge in [0.1, 0.15) is 11.8 Å². The Kier molecular flexibility index (Phi) is 5.11. The number of carbonyl (C=O) groups excluding carboxylic acids is 3. The number of ether oxygens (including phenoxy) is 1. The number of nitro groups is 1. The van der Waals surface area contributed by atoms with Gasteiger partial charge in [-0.3, -0.25) is 29.5 Å². The molecular formula is C27H20N4O6. The largest absolute Gasteiger partial charge is 0.497 e. The van der Waals surface area contributed by atoms with E-state index in [9.17, 15) is 24.5 Å². The first-order valence-corrected chi connectivity index (χ1v) is 11.6. The molecule has 3 aromatic carbocycles. The van der Waals surface area contributed by atoms with Gasteiger partial charge in [0.15, 0.2) is 5.78 Å². The van der Waals surface area contributed by atoms with Gasteiger partial charge < -0.3 is 4.74 Å². The molecule has 0 aliphatic carbocycles. The van der Waals surface area contributed by atoms with E-state index in [-0.39, 0.29) is 17.2 Å². The highest BCUT2D eigenvalue weighted by atomic mass is 16.6. The standard InChI is InChI=1S/C27H20N4O6/c1-37-19-11-9-15(10-12-19)25(32)24-22-21(23-20-8-3-2-5-16(20)14-28-30(23)24)26(33)29(27(22)34)17-6-4-7-18(13-17)31(35)36/h2-14,21-24H,1H3/t21-,22+,23-,24-/m0/s1. The zero-order valence-corrected chi connectivity index (χ0v) is 19.6.